The third-order valence-electron chi connectivity index (χ3n) is 2.04. The molecule has 1 aliphatic rings. The van der Waals surface area contributed by atoms with Gasteiger partial charge in [-0.2, -0.15) is 0 Å². The normalized spacial score (nSPS) is 21.8. The van der Waals surface area contributed by atoms with Gasteiger partial charge in [-0.3, -0.25) is 0 Å². The van der Waals surface area contributed by atoms with Crippen molar-refractivity contribution in [3.63, 3.8) is 0 Å². The predicted molar refractivity (Wildman–Crippen MR) is 37.7 cm³/mol. The first-order valence-electron chi connectivity index (χ1n) is 3.84. The van der Waals surface area contributed by atoms with Gasteiger partial charge in [0.25, 0.3) is 6.43 Å². The Kier molecular flexibility index (Phi) is 2.78. The molecular formula is C7H13F2NO. The number of nitrogens with one attached hydrogen (secondary N) is 1. The predicted octanol–water partition coefficient (Wildman–Crippen LogP) is 0.756. The molecule has 0 radical (unpaired) electrons. The largest absolute Gasteiger partial charge is 0.389 e. The van der Waals surface area contributed by atoms with E-state index in [1.807, 2.05) is 0 Å². The van der Waals surface area contributed by atoms with Gasteiger partial charge >= 0.3 is 0 Å². The summed E-state index contributed by atoms with van der Waals surface area (Å²) in [4.78, 5) is 0. The maximum absolute atomic E-state index is 11.6. The summed E-state index contributed by atoms with van der Waals surface area (Å²) in [5.74, 6) is 0. The minimum atomic E-state index is -2.32. The highest BCUT2D eigenvalue weighted by molar-refractivity contribution is 4.89. The molecule has 2 N–H and O–H groups in total. The molecule has 0 bridgehead atoms. The van der Waals surface area contributed by atoms with E-state index in [2.05, 4.69) is 5.32 Å². The van der Waals surface area contributed by atoms with Gasteiger partial charge in [0.2, 0.25) is 0 Å². The van der Waals surface area contributed by atoms with E-state index in [9.17, 15) is 13.9 Å². The van der Waals surface area contributed by atoms with Crippen molar-refractivity contribution in [2.45, 2.75) is 31.3 Å². The van der Waals surface area contributed by atoms with Crippen LogP contribution >= 0.6 is 0 Å². The fraction of sp³-hybridized carbons (Fsp3) is 1.00. The molecule has 4 heteroatoms. The van der Waals surface area contributed by atoms with Gasteiger partial charge in [0.05, 0.1) is 12.1 Å². The summed E-state index contributed by atoms with van der Waals surface area (Å²) in [5.41, 5.74) is -0.686. The van der Waals surface area contributed by atoms with Crippen LogP contribution in [0, 0.1) is 0 Å². The van der Waals surface area contributed by atoms with Gasteiger partial charge in [-0.25, -0.2) is 8.78 Å². The van der Waals surface area contributed by atoms with Crippen molar-refractivity contribution in [2.75, 3.05) is 13.1 Å². The van der Waals surface area contributed by atoms with E-state index in [4.69, 9.17) is 0 Å². The highest BCUT2D eigenvalue weighted by atomic mass is 19.3. The Morgan fingerprint density at radius 3 is 2.45 bits per heavy atom. The van der Waals surface area contributed by atoms with Gasteiger partial charge in [-0.15, -0.1) is 0 Å². The summed E-state index contributed by atoms with van der Waals surface area (Å²) in [7, 11) is 0. The summed E-state index contributed by atoms with van der Waals surface area (Å²) in [6, 6.07) is 0. The van der Waals surface area contributed by atoms with Crippen molar-refractivity contribution in [3.8, 4) is 0 Å². The van der Waals surface area contributed by atoms with E-state index in [1.54, 1.807) is 0 Å². The second-order valence-corrected chi connectivity index (χ2v) is 3.10. The number of rotatable bonds is 4. The standard InChI is InChI=1S/C7H13F2NO/c8-6(9)4-10-5-7(11)2-1-3-7/h6,10-11H,1-5H2. The molecule has 0 spiro atoms. The van der Waals surface area contributed by atoms with Crippen LogP contribution in [0.3, 0.4) is 0 Å². The lowest BCUT2D eigenvalue weighted by Gasteiger charge is -2.36. The van der Waals surface area contributed by atoms with Crippen molar-refractivity contribution < 1.29 is 13.9 Å². The van der Waals surface area contributed by atoms with E-state index in [-0.39, 0.29) is 6.54 Å². The molecule has 0 unspecified atom stereocenters. The molecule has 0 aromatic carbocycles. The van der Waals surface area contributed by atoms with Gasteiger partial charge in [0, 0.05) is 6.54 Å². The SMILES string of the molecule is OC1(CNCC(F)F)CCC1. The van der Waals surface area contributed by atoms with Crippen LogP contribution < -0.4 is 5.32 Å². The van der Waals surface area contributed by atoms with Crippen molar-refractivity contribution in [1.29, 1.82) is 0 Å². The second-order valence-electron chi connectivity index (χ2n) is 3.10. The lowest BCUT2D eigenvalue weighted by Crippen LogP contribution is -2.47. The molecule has 1 aliphatic carbocycles. The number of hydrogen-bond acceptors (Lipinski definition) is 2. The summed E-state index contributed by atoms with van der Waals surface area (Å²) in [6.07, 6.45) is 0.165. The molecule has 0 saturated heterocycles. The quantitative estimate of drug-likeness (QED) is 0.644. The number of hydrogen-bond donors (Lipinski definition) is 2. The maximum atomic E-state index is 11.6. The summed E-state index contributed by atoms with van der Waals surface area (Å²) in [6.45, 7) is -0.0142. The van der Waals surface area contributed by atoms with E-state index in [0.717, 1.165) is 19.3 Å². The minimum Gasteiger partial charge on any atom is -0.389 e. The Labute approximate surface area is 64.6 Å². The van der Waals surface area contributed by atoms with Crippen LogP contribution in [0.25, 0.3) is 0 Å². The Bertz CT molecular complexity index is 126. The van der Waals surface area contributed by atoms with Crippen LogP contribution in [0.4, 0.5) is 8.78 Å². The van der Waals surface area contributed by atoms with E-state index < -0.39 is 12.0 Å². The first-order chi connectivity index (χ1) is 5.12. The molecule has 0 heterocycles. The van der Waals surface area contributed by atoms with Gasteiger partial charge < -0.3 is 10.4 Å². The van der Waals surface area contributed by atoms with Crippen LogP contribution in [0.5, 0.6) is 0 Å². The molecule has 66 valence electrons. The summed E-state index contributed by atoms with van der Waals surface area (Å²) >= 11 is 0. The first kappa shape index (κ1) is 8.87. The molecule has 2 nitrogen and oxygen atoms in total. The minimum absolute atomic E-state index is 0.303. The second kappa shape index (κ2) is 3.45. The Morgan fingerprint density at radius 2 is 2.09 bits per heavy atom. The summed E-state index contributed by atoms with van der Waals surface area (Å²) in [5, 5.41) is 11.9. The topological polar surface area (TPSA) is 32.3 Å². The Morgan fingerprint density at radius 1 is 1.45 bits per heavy atom. The van der Waals surface area contributed by atoms with Gasteiger partial charge in [0.15, 0.2) is 0 Å². The van der Waals surface area contributed by atoms with Crippen molar-refractivity contribution in [2.24, 2.45) is 0 Å². The molecule has 0 amide bonds. The van der Waals surface area contributed by atoms with Crippen LogP contribution in [0.15, 0.2) is 0 Å². The highest BCUT2D eigenvalue weighted by Gasteiger charge is 2.33. The zero-order valence-electron chi connectivity index (χ0n) is 6.32. The average Bonchev–Trinajstić information content (AvgIpc) is 1.83. The molecule has 0 aromatic heterocycles. The maximum Gasteiger partial charge on any atom is 0.250 e. The molecule has 11 heavy (non-hydrogen) atoms. The monoisotopic (exact) mass is 165 g/mol. The lowest BCUT2D eigenvalue weighted by molar-refractivity contribution is -0.0334. The third-order valence-corrected chi connectivity index (χ3v) is 2.04. The molecular weight excluding hydrogens is 152 g/mol. The molecule has 1 rings (SSSR count). The third kappa shape index (κ3) is 2.71. The fourth-order valence-electron chi connectivity index (χ4n) is 1.18. The Balaban J connectivity index is 2.02. The molecule has 1 fully saturated rings. The van der Waals surface area contributed by atoms with Crippen molar-refractivity contribution in [1.82, 2.24) is 5.32 Å². The van der Waals surface area contributed by atoms with Crippen LogP contribution in [-0.2, 0) is 0 Å². The van der Waals surface area contributed by atoms with E-state index >= 15 is 0 Å². The van der Waals surface area contributed by atoms with Crippen molar-refractivity contribution in [3.05, 3.63) is 0 Å². The zero-order chi connectivity index (χ0) is 8.32. The van der Waals surface area contributed by atoms with Crippen LogP contribution in [0.1, 0.15) is 19.3 Å². The number of alkyl halides is 2. The van der Waals surface area contributed by atoms with Crippen molar-refractivity contribution >= 4 is 0 Å². The zero-order valence-corrected chi connectivity index (χ0v) is 6.32. The Hall–Kier alpha value is -0.220. The average molecular weight is 165 g/mol. The molecule has 0 aromatic rings. The highest BCUT2D eigenvalue weighted by Crippen LogP contribution is 2.30. The van der Waals surface area contributed by atoms with Gasteiger partial charge in [-0.05, 0) is 19.3 Å². The number of halogens is 2. The van der Waals surface area contributed by atoms with E-state index in [1.165, 1.54) is 0 Å². The summed E-state index contributed by atoms with van der Waals surface area (Å²) < 4.78 is 23.2. The van der Waals surface area contributed by atoms with E-state index in [0.29, 0.717) is 6.54 Å². The van der Waals surface area contributed by atoms with Gasteiger partial charge in [-0.1, -0.05) is 0 Å². The van der Waals surface area contributed by atoms with Crippen LogP contribution in [-0.4, -0.2) is 30.2 Å². The first-order valence-corrected chi connectivity index (χ1v) is 3.84. The number of aliphatic hydroxyl groups is 1. The smallest absolute Gasteiger partial charge is 0.250 e. The molecule has 0 aliphatic heterocycles. The van der Waals surface area contributed by atoms with Gasteiger partial charge in [0.1, 0.15) is 0 Å². The lowest BCUT2D eigenvalue weighted by atomic mass is 9.80. The fourth-order valence-corrected chi connectivity index (χ4v) is 1.18. The molecule has 1 saturated carbocycles. The molecule has 0 atom stereocenters. The van der Waals surface area contributed by atoms with Crippen LogP contribution in [0.2, 0.25) is 0 Å².